The van der Waals surface area contributed by atoms with Crippen LogP contribution in [0.5, 0.6) is 0 Å². The molecule has 0 aliphatic carbocycles. The summed E-state index contributed by atoms with van der Waals surface area (Å²) in [6, 6.07) is -0.403. The van der Waals surface area contributed by atoms with E-state index in [1.807, 2.05) is 16.7 Å². The third-order valence-electron chi connectivity index (χ3n) is 3.58. The van der Waals surface area contributed by atoms with E-state index in [4.69, 9.17) is 9.84 Å². The largest absolute Gasteiger partial charge is 0.481 e. The van der Waals surface area contributed by atoms with Crippen LogP contribution in [0.1, 0.15) is 20.3 Å². The molecule has 2 heterocycles. The number of urea groups is 1. The predicted molar refractivity (Wildman–Crippen MR) is 77.1 cm³/mol. The number of thioether (sulfide) groups is 1. The Balaban J connectivity index is 2.03. The van der Waals surface area contributed by atoms with Crippen LogP contribution in [0, 0.1) is 0 Å². The van der Waals surface area contributed by atoms with E-state index in [1.54, 1.807) is 4.90 Å². The number of carboxylic acids is 1. The molecule has 20 heavy (non-hydrogen) atoms. The summed E-state index contributed by atoms with van der Waals surface area (Å²) >= 11 is 1.87. The van der Waals surface area contributed by atoms with E-state index in [0.29, 0.717) is 26.3 Å². The van der Waals surface area contributed by atoms with E-state index in [9.17, 15) is 9.59 Å². The lowest BCUT2D eigenvalue weighted by molar-refractivity contribution is -0.139. The molecule has 1 unspecified atom stereocenters. The number of ether oxygens (including phenoxy) is 1. The van der Waals surface area contributed by atoms with Gasteiger partial charge in [0.2, 0.25) is 0 Å². The summed E-state index contributed by atoms with van der Waals surface area (Å²) in [7, 11) is 0. The van der Waals surface area contributed by atoms with E-state index in [2.05, 4.69) is 13.8 Å². The van der Waals surface area contributed by atoms with Crippen LogP contribution in [0.4, 0.5) is 4.79 Å². The van der Waals surface area contributed by atoms with Gasteiger partial charge in [-0.1, -0.05) is 0 Å². The fourth-order valence-corrected chi connectivity index (χ4v) is 3.75. The third kappa shape index (κ3) is 3.79. The summed E-state index contributed by atoms with van der Waals surface area (Å²) in [6.45, 7) is 6.95. The van der Waals surface area contributed by atoms with Gasteiger partial charge in [0.25, 0.3) is 0 Å². The lowest BCUT2D eigenvalue weighted by Gasteiger charge is -2.43. The van der Waals surface area contributed by atoms with Gasteiger partial charge in [-0.25, -0.2) is 4.79 Å². The predicted octanol–water partition coefficient (Wildman–Crippen LogP) is 1.11. The van der Waals surface area contributed by atoms with Crippen molar-refractivity contribution in [2.45, 2.75) is 31.1 Å². The fraction of sp³-hybridized carbons (Fsp3) is 0.846. The Hall–Kier alpha value is -0.950. The number of nitrogens with zero attached hydrogens (tertiary/aromatic N) is 2. The first-order valence-electron chi connectivity index (χ1n) is 6.88. The first-order chi connectivity index (χ1) is 9.39. The summed E-state index contributed by atoms with van der Waals surface area (Å²) in [5.74, 6) is 0.0278. The number of hydrogen-bond acceptors (Lipinski definition) is 4. The third-order valence-corrected chi connectivity index (χ3v) is 4.88. The maximum Gasteiger partial charge on any atom is 0.320 e. The normalized spacial score (nSPS) is 26.4. The van der Waals surface area contributed by atoms with Crippen LogP contribution in [-0.2, 0) is 9.53 Å². The second kappa shape index (κ2) is 6.22. The number of carbonyl (C=O) groups is 2. The lowest BCUT2D eigenvalue weighted by atomic mass is 10.1. The zero-order valence-corrected chi connectivity index (χ0v) is 12.8. The van der Waals surface area contributed by atoms with Crippen molar-refractivity contribution in [1.82, 2.24) is 9.80 Å². The van der Waals surface area contributed by atoms with Gasteiger partial charge in [-0.2, -0.15) is 11.8 Å². The van der Waals surface area contributed by atoms with Crippen LogP contribution in [0.15, 0.2) is 0 Å². The molecule has 2 aliphatic heterocycles. The van der Waals surface area contributed by atoms with Crippen LogP contribution in [0.25, 0.3) is 0 Å². The van der Waals surface area contributed by atoms with Gasteiger partial charge in [-0.05, 0) is 13.8 Å². The molecule has 0 aromatic carbocycles. The fourth-order valence-electron chi connectivity index (χ4n) is 2.64. The Morgan fingerprint density at radius 1 is 1.40 bits per heavy atom. The first-order valence-corrected chi connectivity index (χ1v) is 7.87. The van der Waals surface area contributed by atoms with Crippen molar-refractivity contribution in [3.8, 4) is 0 Å². The highest BCUT2D eigenvalue weighted by Gasteiger charge is 2.36. The Morgan fingerprint density at radius 2 is 2.15 bits per heavy atom. The van der Waals surface area contributed by atoms with Crippen molar-refractivity contribution >= 4 is 23.8 Å². The SMILES string of the molecule is CC1(C)CN(C(=O)N2CCOCC2CC(=O)O)CCS1. The molecular weight excluding hydrogens is 280 g/mol. The first kappa shape index (κ1) is 15.4. The molecule has 114 valence electrons. The highest BCUT2D eigenvalue weighted by Crippen LogP contribution is 2.30. The summed E-state index contributed by atoms with van der Waals surface area (Å²) in [5, 5.41) is 8.95. The number of amides is 2. The average Bonchev–Trinajstić information content (AvgIpc) is 2.36. The Labute approximate surface area is 123 Å². The Bertz CT molecular complexity index is 389. The summed E-state index contributed by atoms with van der Waals surface area (Å²) < 4.78 is 5.37. The zero-order chi connectivity index (χ0) is 14.8. The molecule has 2 rings (SSSR count). The van der Waals surface area contributed by atoms with E-state index >= 15 is 0 Å². The van der Waals surface area contributed by atoms with Crippen molar-refractivity contribution in [3.63, 3.8) is 0 Å². The van der Waals surface area contributed by atoms with Crippen LogP contribution in [0.2, 0.25) is 0 Å². The van der Waals surface area contributed by atoms with Crippen LogP contribution < -0.4 is 0 Å². The summed E-state index contributed by atoms with van der Waals surface area (Å²) in [5.41, 5.74) is 0. The number of carboxylic acid groups (broad SMARTS) is 1. The molecule has 0 saturated carbocycles. The number of hydrogen-bond donors (Lipinski definition) is 1. The van der Waals surface area contributed by atoms with E-state index < -0.39 is 5.97 Å². The quantitative estimate of drug-likeness (QED) is 0.827. The molecule has 7 heteroatoms. The molecule has 1 N–H and O–H groups in total. The van der Waals surface area contributed by atoms with Gasteiger partial charge in [0.15, 0.2) is 0 Å². The standard InChI is InChI=1S/C13H22N2O4S/c1-13(2)9-14(4-6-20-13)12(18)15-3-5-19-8-10(15)7-11(16)17/h10H,3-9H2,1-2H3,(H,16,17). The van der Waals surface area contributed by atoms with E-state index in [1.165, 1.54) is 0 Å². The van der Waals surface area contributed by atoms with Crippen LogP contribution in [0.3, 0.4) is 0 Å². The van der Waals surface area contributed by atoms with E-state index in [0.717, 1.165) is 12.3 Å². The molecule has 0 aromatic rings. The highest BCUT2D eigenvalue weighted by atomic mass is 32.2. The Kier molecular flexibility index (Phi) is 4.80. The minimum Gasteiger partial charge on any atom is -0.481 e. The smallest absolute Gasteiger partial charge is 0.320 e. The van der Waals surface area contributed by atoms with Gasteiger partial charge in [0, 0.05) is 30.1 Å². The minimum absolute atomic E-state index is 0.0482. The molecule has 2 amide bonds. The summed E-state index contributed by atoms with van der Waals surface area (Å²) in [4.78, 5) is 27.0. The van der Waals surface area contributed by atoms with Crippen molar-refractivity contribution < 1.29 is 19.4 Å². The van der Waals surface area contributed by atoms with Crippen molar-refractivity contribution in [1.29, 1.82) is 0 Å². The molecular formula is C13H22N2O4S. The van der Waals surface area contributed by atoms with Gasteiger partial charge in [-0.15, -0.1) is 0 Å². The molecule has 2 saturated heterocycles. The number of rotatable bonds is 2. The molecule has 0 bridgehead atoms. The maximum absolute atomic E-state index is 12.6. The average molecular weight is 302 g/mol. The zero-order valence-electron chi connectivity index (χ0n) is 12.0. The highest BCUT2D eigenvalue weighted by molar-refractivity contribution is 8.00. The van der Waals surface area contributed by atoms with Crippen LogP contribution >= 0.6 is 11.8 Å². The molecule has 1 atom stereocenters. The molecule has 0 radical (unpaired) electrons. The summed E-state index contributed by atoms with van der Waals surface area (Å²) in [6.07, 6.45) is -0.0578. The lowest BCUT2D eigenvalue weighted by Crippen LogP contribution is -2.57. The van der Waals surface area contributed by atoms with Crippen molar-refractivity contribution in [2.75, 3.05) is 38.6 Å². The van der Waals surface area contributed by atoms with Crippen LogP contribution in [-0.4, -0.2) is 76.3 Å². The van der Waals surface area contributed by atoms with Gasteiger partial charge in [-0.3, -0.25) is 4.79 Å². The molecule has 2 aliphatic rings. The monoisotopic (exact) mass is 302 g/mol. The second-order valence-electron chi connectivity index (χ2n) is 5.83. The number of carbonyl (C=O) groups excluding carboxylic acids is 1. The van der Waals surface area contributed by atoms with Gasteiger partial charge >= 0.3 is 12.0 Å². The van der Waals surface area contributed by atoms with Gasteiger partial charge in [0.1, 0.15) is 0 Å². The molecule has 6 nitrogen and oxygen atoms in total. The topological polar surface area (TPSA) is 70.1 Å². The number of morpholine rings is 1. The van der Waals surface area contributed by atoms with Crippen molar-refractivity contribution in [2.24, 2.45) is 0 Å². The van der Waals surface area contributed by atoms with Crippen molar-refractivity contribution in [3.05, 3.63) is 0 Å². The molecule has 0 aromatic heterocycles. The molecule has 2 fully saturated rings. The Morgan fingerprint density at radius 3 is 2.80 bits per heavy atom. The molecule has 0 spiro atoms. The van der Waals surface area contributed by atoms with Gasteiger partial charge in [0.05, 0.1) is 25.7 Å². The van der Waals surface area contributed by atoms with Gasteiger partial charge < -0.3 is 19.6 Å². The maximum atomic E-state index is 12.6. The minimum atomic E-state index is -0.896. The van der Waals surface area contributed by atoms with E-state index in [-0.39, 0.29) is 23.2 Å². The second-order valence-corrected chi connectivity index (χ2v) is 7.63. The number of aliphatic carboxylic acids is 1.